The lowest BCUT2D eigenvalue weighted by Gasteiger charge is -2.19. The van der Waals surface area contributed by atoms with E-state index in [1.165, 1.54) is 0 Å². The van der Waals surface area contributed by atoms with Crippen LogP contribution in [0.1, 0.15) is 24.2 Å². The highest BCUT2D eigenvalue weighted by Gasteiger charge is 2.15. The van der Waals surface area contributed by atoms with Gasteiger partial charge in [0, 0.05) is 5.56 Å². The number of amides is 1. The molecular formula is C12H17NO2. The van der Waals surface area contributed by atoms with Crippen molar-refractivity contribution < 1.29 is 9.90 Å². The van der Waals surface area contributed by atoms with Gasteiger partial charge in [-0.05, 0) is 18.1 Å². The Balaban J connectivity index is 2.63. The Morgan fingerprint density at radius 3 is 2.40 bits per heavy atom. The molecule has 0 radical (unpaired) electrons. The molecule has 1 amide bonds. The van der Waals surface area contributed by atoms with Gasteiger partial charge < -0.3 is 10.4 Å². The Hall–Kier alpha value is -1.35. The molecule has 0 heterocycles. The van der Waals surface area contributed by atoms with E-state index in [1.807, 2.05) is 32.0 Å². The number of hydrogen-bond donors (Lipinski definition) is 2. The van der Waals surface area contributed by atoms with E-state index in [0.29, 0.717) is 5.56 Å². The molecule has 82 valence electrons. The number of aliphatic hydroxyl groups excluding tert-OH is 1. The molecule has 0 saturated carbocycles. The fourth-order valence-corrected chi connectivity index (χ4v) is 1.26. The molecule has 0 aliphatic rings. The van der Waals surface area contributed by atoms with Crippen LogP contribution in [0, 0.1) is 5.92 Å². The van der Waals surface area contributed by atoms with Crippen molar-refractivity contribution in [1.29, 1.82) is 0 Å². The first-order valence-corrected chi connectivity index (χ1v) is 5.12. The summed E-state index contributed by atoms with van der Waals surface area (Å²) in [5.74, 6) is 0.0889. The molecule has 0 aliphatic heterocycles. The minimum absolute atomic E-state index is 0.0315. The first-order valence-electron chi connectivity index (χ1n) is 5.12. The Kier molecular flexibility index (Phi) is 4.31. The second kappa shape index (κ2) is 5.51. The summed E-state index contributed by atoms with van der Waals surface area (Å²) >= 11 is 0. The lowest BCUT2D eigenvalue weighted by molar-refractivity contribution is 0.0897. The maximum atomic E-state index is 11.7. The third-order valence-electron chi connectivity index (χ3n) is 2.35. The largest absolute Gasteiger partial charge is 0.394 e. The van der Waals surface area contributed by atoms with E-state index < -0.39 is 0 Å². The molecule has 2 N–H and O–H groups in total. The van der Waals surface area contributed by atoms with Gasteiger partial charge in [0.15, 0.2) is 0 Å². The van der Waals surface area contributed by atoms with E-state index >= 15 is 0 Å². The van der Waals surface area contributed by atoms with E-state index in [-0.39, 0.29) is 24.5 Å². The Morgan fingerprint density at radius 2 is 1.93 bits per heavy atom. The van der Waals surface area contributed by atoms with E-state index in [1.54, 1.807) is 12.1 Å². The van der Waals surface area contributed by atoms with E-state index in [0.717, 1.165) is 0 Å². The number of rotatable bonds is 4. The van der Waals surface area contributed by atoms with Crippen molar-refractivity contribution in [1.82, 2.24) is 5.32 Å². The molecule has 0 aromatic heterocycles. The standard InChI is InChI=1S/C12H17NO2/c1-9(2)11(8-14)13-12(15)10-6-4-3-5-7-10/h3-7,9,11,14H,8H2,1-2H3,(H,13,15)/t11-/m0/s1. The highest BCUT2D eigenvalue weighted by Crippen LogP contribution is 2.03. The van der Waals surface area contributed by atoms with Gasteiger partial charge in [-0.15, -0.1) is 0 Å². The fourth-order valence-electron chi connectivity index (χ4n) is 1.26. The molecule has 0 unspecified atom stereocenters. The van der Waals surface area contributed by atoms with Crippen molar-refractivity contribution in [3.63, 3.8) is 0 Å². The molecule has 0 spiro atoms. The number of carbonyl (C=O) groups excluding carboxylic acids is 1. The molecule has 15 heavy (non-hydrogen) atoms. The van der Waals surface area contributed by atoms with Crippen molar-refractivity contribution in [2.24, 2.45) is 5.92 Å². The third-order valence-corrected chi connectivity index (χ3v) is 2.35. The zero-order valence-corrected chi connectivity index (χ0v) is 9.10. The zero-order valence-electron chi connectivity index (χ0n) is 9.10. The summed E-state index contributed by atoms with van der Waals surface area (Å²) < 4.78 is 0. The zero-order chi connectivity index (χ0) is 11.3. The second-order valence-electron chi connectivity index (χ2n) is 3.87. The number of benzene rings is 1. The van der Waals surface area contributed by atoms with Gasteiger partial charge in [-0.2, -0.15) is 0 Å². The summed E-state index contributed by atoms with van der Waals surface area (Å²) in [4.78, 5) is 11.7. The van der Waals surface area contributed by atoms with Gasteiger partial charge in [-0.25, -0.2) is 0 Å². The number of nitrogens with one attached hydrogen (secondary N) is 1. The first kappa shape index (κ1) is 11.7. The van der Waals surface area contributed by atoms with Crippen LogP contribution >= 0.6 is 0 Å². The maximum absolute atomic E-state index is 11.7. The van der Waals surface area contributed by atoms with Gasteiger partial charge >= 0.3 is 0 Å². The average molecular weight is 207 g/mol. The predicted octanol–water partition coefficient (Wildman–Crippen LogP) is 1.43. The molecule has 1 aromatic carbocycles. The van der Waals surface area contributed by atoms with Gasteiger partial charge in [0.1, 0.15) is 0 Å². The summed E-state index contributed by atoms with van der Waals surface area (Å²) in [6, 6.07) is 8.82. The van der Waals surface area contributed by atoms with Crippen molar-refractivity contribution >= 4 is 5.91 Å². The van der Waals surface area contributed by atoms with E-state index in [9.17, 15) is 4.79 Å². The lowest BCUT2D eigenvalue weighted by Crippen LogP contribution is -2.41. The van der Waals surface area contributed by atoms with Crippen LogP contribution in [0.2, 0.25) is 0 Å². The summed E-state index contributed by atoms with van der Waals surface area (Å²) in [6.07, 6.45) is 0. The average Bonchev–Trinajstić information content (AvgIpc) is 2.26. The van der Waals surface area contributed by atoms with E-state index in [4.69, 9.17) is 5.11 Å². The van der Waals surface area contributed by atoms with Gasteiger partial charge in [-0.3, -0.25) is 4.79 Å². The smallest absolute Gasteiger partial charge is 0.251 e. The highest BCUT2D eigenvalue weighted by molar-refractivity contribution is 5.94. The third kappa shape index (κ3) is 3.36. The van der Waals surface area contributed by atoms with Crippen LogP contribution in [0.15, 0.2) is 30.3 Å². The van der Waals surface area contributed by atoms with Crippen LogP contribution < -0.4 is 5.32 Å². The van der Waals surface area contributed by atoms with Crippen molar-refractivity contribution in [2.75, 3.05) is 6.61 Å². The molecule has 3 heteroatoms. The molecule has 3 nitrogen and oxygen atoms in total. The van der Waals surface area contributed by atoms with Crippen LogP contribution in [0.25, 0.3) is 0 Å². The van der Waals surface area contributed by atoms with Crippen LogP contribution in [-0.4, -0.2) is 23.7 Å². The predicted molar refractivity (Wildman–Crippen MR) is 59.6 cm³/mol. The van der Waals surface area contributed by atoms with Crippen LogP contribution in [0.5, 0.6) is 0 Å². The van der Waals surface area contributed by atoms with E-state index in [2.05, 4.69) is 5.32 Å². The summed E-state index contributed by atoms with van der Waals surface area (Å²) in [5, 5.41) is 11.9. The van der Waals surface area contributed by atoms with Crippen LogP contribution in [0.3, 0.4) is 0 Å². The molecule has 1 aromatic rings. The summed E-state index contributed by atoms with van der Waals surface area (Å²) in [6.45, 7) is 3.90. The molecule has 0 saturated heterocycles. The van der Waals surface area contributed by atoms with Crippen molar-refractivity contribution in [3.05, 3.63) is 35.9 Å². The SMILES string of the molecule is CC(C)[C@H](CO)NC(=O)c1ccccc1. The minimum atomic E-state index is -0.183. The van der Waals surface area contributed by atoms with Crippen molar-refractivity contribution in [3.8, 4) is 0 Å². The second-order valence-corrected chi connectivity index (χ2v) is 3.87. The molecule has 1 rings (SSSR count). The number of hydrogen-bond acceptors (Lipinski definition) is 2. The van der Waals surface area contributed by atoms with Crippen LogP contribution in [0.4, 0.5) is 0 Å². The van der Waals surface area contributed by atoms with Gasteiger partial charge in [-0.1, -0.05) is 32.0 Å². The quantitative estimate of drug-likeness (QED) is 0.784. The summed E-state index contributed by atoms with van der Waals surface area (Å²) in [7, 11) is 0. The molecule has 1 atom stereocenters. The van der Waals surface area contributed by atoms with Crippen LogP contribution in [-0.2, 0) is 0 Å². The Bertz CT molecular complexity index is 309. The molecular weight excluding hydrogens is 190 g/mol. The Morgan fingerprint density at radius 1 is 1.33 bits per heavy atom. The summed E-state index contributed by atoms with van der Waals surface area (Å²) in [5.41, 5.74) is 0.622. The van der Waals surface area contributed by atoms with Gasteiger partial charge in [0.25, 0.3) is 5.91 Å². The highest BCUT2D eigenvalue weighted by atomic mass is 16.3. The topological polar surface area (TPSA) is 49.3 Å². The molecule has 0 aliphatic carbocycles. The van der Waals surface area contributed by atoms with Gasteiger partial charge in [0.05, 0.1) is 12.6 Å². The number of carbonyl (C=O) groups is 1. The molecule has 0 fully saturated rings. The fraction of sp³-hybridized carbons (Fsp3) is 0.417. The Labute approximate surface area is 90.1 Å². The first-order chi connectivity index (χ1) is 7.15. The lowest BCUT2D eigenvalue weighted by atomic mass is 10.0. The normalized spacial score (nSPS) is 12.5. The maximum Gasteiger partial charge on any atom is 0.251 e. The van der Waals surface area contributed by atoms with Gasteiger partial charge in [0.2, 0.25) is 0 Å². The van der Waals surface area contributed by atoms with Crippen molar-refractivity contribution in [2.45, 2.75) is 19.9 Å². The molecule has 0 bridgehead atoms. The monoisotopic (exact) mass is 207 g/mol. The number of aliphatic hydroxyl groups is 1. The minimum Gasteiger partial charge on any atom is -0.394 e.